The predicted molar refractivity (Wildman–Crippen MR) is 77.8 cm³/mol. The van der Waals surface area contributed by atoms with Crippen LogP contribution in [0.2, 0.25) is 0 Å². The molecule has 21 heavy (non-hydrogen) atoms. The van der Waals surface area contributed by atoms with E-state index < -0.39 is 5.97 Å². The molecule has 0 bridgehead atoms. The molecule has 6 heteroatoms. The Morgan fingerprint density at radius 1 is 1.33 bits per heavy atom. The van der Waals surface area contributed by atoms with E-state index in [-0.39, 0.29) is 11.6 Å². The largest absolute Gasteiger partial charge is 0.497 e. The third kappa shape index (κ3) is 3.39. The smallest absolute Gasteiger partial charge is 0.358 e. The molecule has 2 aromatic rings. The van der Waals surface area contributed by atoms with Crippen LogP contribution in [-0.4, -0.2) is 33.2 Å². The van der Waals surface area contributed by atoms with Crippen LogP contribution in [0.25, 0.3) is 0 Å². The van der Waals surface area contributed by atoms with Gasteiger partial charge in [-0.15, -0.1) is 5.10 Å². The van der Waals surface area contributed by atoms with E-state index in [1.807, 2.05) is 38.1 Å². The number of ether oxygens (including phenoxy) is 1. The third-order valence-corrected chi connectivity index (χ3v) is 3.29. The fourth-order valence-corrected chi connectivity index (χ4v) is 2.24. The minimum absolute atomic E-state index is 0.0414. The minimum Gasteiger partial charge on any atom is -0.497 e. The van der Waals surface area contributed by atoms with E-state index in [1.165, 1.54) is 0 Å². The van der Waals surface area contributed by atoms with E-state index in [0.717, 1.165) is 17.7 Å². The number of aromatic carboxylic acids is 1. The third-order valence-electron chi connectivity index (χ3n) is 3.29. The van der Waals surface area contributed by atoms with Crippen LogP contribution in [0.1, 0.15) is 41.5 Å². The van der Waals surface area contributed by atoms with E-state index in [4.69, 9.17) is 9.84 Å². The van der Waals surface area contributed by atoms with Crippen molar-refractivity contribution in [3.63, 3.8) is 0 Å². The molecule has 0 aliphatic heterocycles. The van der Waals surface area contributed by atoms with Crippen LogP contribution in [0.4, 0.5) is 0 Å². The molecule has 0 unspecified atom stereocenters. The number of carbonyl (C=O) groups is 1. The van der Waals surface area contributed by atoms with Crippen LogP contribution >= 0.6 is 0 Å². The molecule has 112 valence electrons. The first-order valence-electron chi connectivity index (χ1n) is 6.82. The number of hydrogen-bond acceptors (Lipinski definition) is 4. The van der Waals surface area contributed by atoms with E-state index in [2.05, 4.69) is 10.3 Å². The summed E-state index contributed by atoms with van der Waals surface area (Å²) in [6.07, 6.45) is 0.756. The zero-order chi connectivity index (χ0) is 15.4. The van der Waals surface area contributed by atoms with E-state index in [1.54, 1.807) is 11.8 Å². The van der Waals surface area contributed by atoms with Gasteiger partial charge in [-0.25, -0.2) is 9.48 Å². The number of methoxy groups -OCH3 is 1. The molecule has 0 fully saturated rings. The number of hydrogen-bond donors (Lipinski definition) is 1. The second-order valence-corrected chi connectivity index (χ2v) is 5.10. The Morgan fingerprint density at radius 2 is 2.00 bits per heavy atom. The normalized spacial score (nSPS) is 10.9. The highest BCUT2D eigenvalue weighted by Crippen LogP contribution is 2.18. The quantitative estimate of drug-likeness (QED) is 0.883. The van der Waals surface area contributed by atoms with Crippen molar-refractivity contribution in [3.05, 3.63) is 41.2 Å². The van der Waals surface area contributed by atoms with Gasteiger partial charge in [0.25, 0.3) is 0 Å². The highest BCUT2D eigenvalue weighted by Gasteiger charge is 2.21. The molecular formula is C15H19N3O3. The standard InChI is InChI=1S/C15H19N3O3/c1-10(2)14-13(15(19)20)16-17-18(14)9-8-11-4-6-12(21-3)7-5-11/h4-7,10H,8-9H2,1-3H3,(H,19,20). The van der Waals surface area contributed by atoms with Crippen molar-refractivity contribution in [2.45, 2.75) is 32.7 Å². The van der Waals surface area contributed by atoms with Crippen LogP contribution in [0.5, 0.6) is 5.75 Å². The maximum Gasteiger partial charge on any atom is 0.358 e. The van der Waals surface area contributed by atoms with Crippen LogP contribution in [-0.2, 0) is 13.0 Å². The predicted octanol–water partition coefficient (Wildman–Crippen LogP) is 2.35. The summed E-state index contributed by atoms with van der Waals surface area (Å²) in [6.45, 7) is 4.48. The SMILES string of the molecule is COc1ccc(CCn2nnc(C(=O)O)c2C(C)C)cc1. The number of carboxylic acid groups (broad SMARTS) is 1. The molecular weight excluding hydrogens is 270 g/mol. The second kappa shape index (κ2) is 6.39. The molecule has 0 amide bonds. The Hall–Kier alpha value is -2.37. The molecule has 0 aliphatic carbocycles. The van der Waals surface area contributed by atoms with Gasteiger partial charge in [0.15, 0.2) is 5.69 Å². The fraction of sp³-hybridized carbons (Fsp3) is 0.400. The highest BCUT2D eigenvalue weighted by atomic mass is 16.5. The fourth-order valence-electron chi connectivity index (χ4n) is 2.24. The lowest BCUT2D eigenvalue weighted by Gasteiger charge is -2.10. The number of aromatic nitrogens is 3. The Bertz CT molecular complexity index is 618. The van der Waals surface area contributed by atoms with Crippen molar-refractivity contribution in [1.82, 2.24) is 15.0 Å². The average Bonchev–Trinajstić information content (AvgIpc) is 2.90. The van der Waals surface area contributed by atoms with Gasteiger partial charge in [0.05, 0.1) is 12.8 Å². The zero-order valence-corrected chi connectivity index (χ0v) is 12.4. The summed E-state index contributed by atoms with van der Waals surface area (Å²) in [4.78, 5) is 11.2. The molecule has 0 aliphatic rings. The van der Waals surface area contributed by atoms with Crippen molar-refractivity contribution in [3.8, 4) is 5.75 Å². The molecule has 1 heterocycles. The van der Waals surface area contributed by atoms with Crippen molar-refractivity contribution in [2.24, 2.45) is 0 Å². The van der Waals surface area contributed by atoms with Crippen molar-refractivity contribution in [1.29, 1.82) is 0 Å². The van der Waals surface area contributed by atoms with Gasteiger partial charge in [-0.3, -0.25) is 0 Å². The first-order chi connectivity index (χ1) is 10.0. The molecule has 2 rings (SSSR count). The van der Waals surface area contributed by atoms with Gasteiger partial charge >= 0.3 is 5.97 Å². The molecule has 0 atom stereocenters. The van der Waals surface area contributed by atoms with E-state index in [0.29, 0.717) is 12.2 Å². The average molecular weight is 289 g/mol. The lowest BCUT2D eigenvalue weighted by Crippen LogP contribution is -2.11. The number of benzene rings is 1. The molecule has 0 saturated carbocycles. The maximum absolute atomic E-state index is 11.2. The number of nitrogens with zero attached hydrogens (tertiary/aromatic N) is 3. The second-order valence-electron chi connectivity index (χ2n) is 5.10. The van der Waals surface area contributed by atoms with Gasteiger partial charge in [-0.05, 0) is 30.0 Å². The zero-order valence-electron chi connectivity index (χ0n) is 12.4. The maximum atomic E-state index is 11.2. The molecule has 0 spiro atoms. The molecule has 1 aromatic carbocycles. The van der Waals surface area contributed by atoms with Gasteiger partial charge in [-0.1, -0.05) is 31.2 Å². The van der Waals surface area contributed by atoms with Gasteiger partial charge in [-0.2, -0.15) is 0 Å². The van der Waals surface area contributed by atoms with Gasteiger partial charge < -0.3 is 9.84 Å². The molecule has 1 N–H and O–H groups in total. The first-order valence-corrected chi connectivity index (χ1v) is 6.82. The van der Waals surface area contributed by atoms with Crippen molar-refractivity contribution >= 4 is 5.97 Å². The monoisotopic (exact) mass is 289 g/mol. The number of carboxylic acids is 1. The molecule has 6 nitrogen and oxygen atoms in total. The first kappa shape index (κ1) is 15.0. The summed E-state index contributed by atoms with van der Waals surface area (Å²) >= 11 is 0. The lowest BCUT2D eigenvalue weighted by atomic mass is 10.1. The Kier molecular flexibility index (Phi) is 4.57. The van der Waals surface area contributed by atoms with Crippen LogP contribution < -0.4 is 4.74 Å². The van der Waals surface area contributed by atoms with E-state index >= 15 is 0 Å². The van der Waals surface area contributed by atoms with Gasteiger partial charge in [0, 0.05) is 6.54 Å². The number of aryl methyl sites for hydroxylation is 2. The summed E-state index contributed by atoms with van der Waals surface area (Å²) in [7, 11) is 1.63. The summed E-state index contributed by atoms with van der Waals surface area (Å²) in [6, 6.07) is 7.79. The van der Waals surface area contributed by atoms with Crippen molar-refractivity contribution in [2.75, 3.05) is 7.11 Å². The lowest BCUT2D eigenvalue weighted by molar-refractivity contribution is 0.0688. The van der Waals surface area contributed by atoms with Gasteiger partial charge in [0.1, 0.15) is 5.75 Å². The van der Waals surface area contributed by atoms with Crippen LogP contribution in [0, 0.1) is 0 Å². The summed E-state index contributed by atoms with van der Waals surface area (Å²) in [5.74, 6) is -0.160. The van der Waals surface area contributed by atoms with Crippen LogP contribution in [0.3, 0.4) is 0 Å². The Labute approximate surface area is 123 Å². The Morgan fingerprint density at radius 3 is 2.52 bits per heavy atom. The summed E-state index contributed by atoms with van der Waals surface area (Å²) in [5, 5.41) is 16.9. The minimum atomic E-state index is -1.03. The molecule has 0 radical (unpaired) electrons. The van der Waals surface area contributed by atoms with Gasteiger partial charge in [0.2, 0.25) is 0 Å². The topological polar surface area (TPSA) is 77.2 Å². The summed E-state index contributed by atoms with van der Waals surface area (Å²) < 4.78 is 6.80. The van der Waals surface area contributed by atoms with E-state index in [9.17, 15) is 4.79 Å². The van der Waals surface area contributed by atoms with Crippen molar-refractivity contribution < 1.29 is 14.6 Å². The highest BCUT2D eigenvalue weighted by molar-refractivity contribution is 5.86. The summed E-state index contributed by atoms with van der Waals surface area (Å²) in [5.41, 5.74) is 1.84. The Balaban J connectivity index is 2.14. The molecule has 1 aromatic heterocycles. The number of rotatable bonds is 6. The van der Waals surface area contributed by atoms with Crippen LogP contribution in [0.15, 0.2) is 24.3 Å². The molecule has 0 saturated heterocycles.